The van der Waals surface area contributed by atoms with Crippen LogP contribution in [-0.2, 0) is 18.9 Å². The van der Waals surface area contributed by atoms with Gasteiger partial charge >= 0.3 is 0 Å². The monoisotopic (exact) mass is 374 g/mol. The van der Waals surface area contributed by atoms with Crippen molar-refractivity contribution in [3.8, 4) is 0 Å². The lowest BCUT2D eigenvalue weighted by atomic mass is 9.47. The van der Waals surface area contributed by atoms with Gasteiger partial charge in [0.1, 0.15) is 6.10 Å². The molecular formula is C23H34O4. The van der Waals surface area contributed by atoms with Crippen LogP contribution in [0.4, 0.5) is 0 Å². The fraction of sp³-hybridized carbons (Fsp3) is 0.913. The van der Waals surface area contributed by atoms with Gasteiger partial charge in [-0.3, -0.25) is 0 Å². The van der Waals surface area contributed by atoms with Crippen LogP contribution in [0.15, 0.2) is 11.6 Å². The van der Waals surface area contributed by atoms with Crippen LogP contribution in [0.25, 0.3) is 0 Å². The van der Waals surface area contributed by atoms with Crippen molar-refractivity contribution in [2.24, 2.45) is 28.6 Å². The van der Waals surface area contributed by atoms with E-state index < -0.39 is 5.79 Å². The average molecular weight is 375 g/mol. The Kier molecular flexibility index (Phi) is 3.75. The second kappa shape index (κ2) is 5.81. The van der Waals surface area contributed by atoms with Gasteiger partial charge in [-0.05, 0) is 67.1 Å². The molecule has 9 aliphatic rings. The zero-order valence-corrected chi connectivity index (χ0v) is 16.9. The van der Waals surface area contributed by atoms with E-state index in [1.807, 2.05) is 0 Å². The molecule has 150 valence electrons. The van der Waals surface area contributed by atoms with Crippen molar-refractivity contribution < 1.29 is 18.9 Å². The maximum Gasteiger partial charge on any atom is 0.198 e. The lowest BCUT2D eigenvalue weighted by Crippen LogP contribution is -2.61. The first-order valence-electron chi connectivity index (χ1n) is 11.3. The van der Waals surface area contributed by atoms with Crippen molar-refractivity contribution in [1.82, 2.24) is 0 Å². The highest BCUT2D eigenvalue weighted by Crippen LogP contribution is 2.66. The quantitative estimate of drug-likeness (QED) is 0.599. The Hall–Kier alpha value is -0.420. The molecule has 8 bridgehead atoms. The van der Waals surface area contributed by atoms with Crippen molar-refractivity contribution in [3.05, 3.63) is 11.6 Å². The highest BCUT2D eigenvalue weighted by atomic mass is 16.7. The van der Waals surface area contributed by atoms with E-state index in [2.05, 4.69) is 19.9 Å². The molecule has 4 unspecified atom stereocenters. The molecule has 0 aromatic rings. The van der Waals surface area contributed by atoms with Crippen LogP contribution in [0, 0.1) is 28.6 Å². The van der Waals surface area contributed by atoms with Crippen LogP contribution >= 0.6 is 0 Å². The summed E-state index contributed by atoms with van der Waals surface area (Å²) in [5.74, 6) is 1.81. The Morgan fingerprint density at radius 3 is 2.48 bits per heavy atom. The van der Waals surface area contributed by atoms with E-state index in [0.717, 1.165) is 30.6 Å². The van der Waals surface area contributed by atoms with E-state index in [0.29, 0.717) is 37.9 Å². The van der Waals surface area contributed by atoms with Gasteiger partial charge in [-0.25, -0.2) is 0 Å². The zero-order valence-electron chi connectivity index (χ0n) is 16.9. The summed E-state index contributed by atoms with van der Waals surface area (Å²) in [4.78, 5) is 0. The van der Waals surface area contributed by atoms with E-state index in [-0.39, 0.29) is 11.5 Å². The van der Waals surface area contributed by atoms with Crippen LogP contribution in [0.5, 0.6) is 0 Å². The SMILES string of the molecule is C[C@]12CC3OCCOC34CC1=CC[C@@H]1C2CC[C@]2(C)C(CC[C@H]12)OCCO4. The lowest BCUT2D eigenvalue weighted by Gasteiger charge is -2.60. The minimum Gasteiger partial charge on any atom is -0.375 e. The molecule has 7 fully saturated rings. The summed E-state index contributed by atoms with van der Waals surface area (Å²) in [6.07, 6.45) is 11.4. The van der Waals surface area contributed by atoms with Crippen LogP contribution in [0.3, 0.4) is 0 Å². The van der Waals surface area contributed by atoms with Crippen molar-refractivity contribution >= 4 is 0 Å². The molecule has 1 spiro atoms. The predicted molar refractivity (Wildman–Crippen MR) is 101 cm³/mol. The van der Waals surface area contributed by atoms with E-state index >= 15 is 0 Å². The standard InChI is InChI=1S/C23H34O4/c1-21-8-7-18-16-4-3-15-13-23(20(14-22(15,18)2)25-10-12-27-23)26-11-9-24-19(21)6-5-17(16)21/h3,16-20H,4-14H2,1-2H3/t16-,17+,18?,19?,20?,21-,22-,23?/m0/s1. The van der Waals surface area contributed by atoms with E-state index in [9.17, 15) is 0 Å². The van der Waals surface area contributed by atoms with Gasteiger partial charge in [-0.15, -0.1) is 0 Å². The first kappa shape index (κ1) is 17.4. The number of rotatable bonds is 0. The second-order valence-electron chi connectivity index (χ2n) is 10.5. The van der Waals surface area contributed by atoms with Crippen molar-refractivity contribution in [2.75, 3.05) is 26.4 Å². The Morgan fingerprint density at radius 2 is 1.67 bits per heavy atom. The summed E-state index contributed by atoms with van der Waals surface area (Å²) in [5.41, 5.74) is 2.19. The van der Waals surface area contributed by atoms with Gasteiger partial charge in [-0.2, -0.15) is 0 Å². The Bertz CT molecular complexity index is 661. The molecule has 8 atom stereocenters. The molecule has 27 heavy (non-hydrogen) atoms. The predicted octanol–water partition coefficient (Wildman–Crippen LogP) is 4.09. The smallest absolute Gasteiger partial charge is 0.198 e. The van der Waals surface area contributed by atoms with Gasteiger partial charge in [0.2, 0.25) is 0 Å². The summed E-state index contributed by atoms with van der Waals surface area (Å²) < 4.78 is 25.5. The van der Waals surface area contributed by atoms with Crippen molar-refractivity contribution in [1.29, 1.82) is 0 Å². The summed E-state index contributed by atoms with van der Waals surface area (Å²) in [5, 5.41) is 0. The topological polar surface area (TPSA) is 36.9 Å². The third-order valence-corrected chi connectivity index (χ3v) is 9.57. The van der Waals surface area contributed by atoms with Gasteiger partial charge in [0.15, 0.2) is 5.79 Å². The van der Waals surface area contributed by atoms with Gasteiger partial charge in [0, 0.05) is 6.42 Å². The van der Waals surface area contributed by atoms with E-state index in [1.165, 1.54) is 32.1 Å². The van der Waals surface area contributed by atoms with Crippen molar-refractivity contribution in [3.63, 3.8) is 0 Å². The third-order valence-electron chi connectivity index (χ3n) is 9.57. The maximum atomic E-state index is 6.45. The van der Waals surface area contributed by atoms with Gasteiger partial charge in [-0.1, -0.05) is 25.5 Å². The largest absolute Gasteiger partial charge is 0.375 e. The molecule has 4 heteroatoms. The molecule has 0 amide bonds. The highest BCUT2D eigenvalue weighted by molar-refractivity contribution is 5.28. The third kappa shape index (κ3) is 2.25. The van der Waals surface area contributed by atoms with Gasteiger partial charge < -0.3 is 18.9 Å². The maximum absolute atomic E-state index is 6.45. The number of ether oxygens (including phenoxy) is 4. The first-order valence-corrected chi connectivity index (χ1v) is 11.3. The van der Waals surface area contributed by atoms with Crippen LogP contribution in [0.1, 0.15) is 58.8 Å². The van der Waals surface area contributed by atoms with E-state index in [4.69, 9.17) is 18.9 Å². The van der Waals surface area contributed by atoms with Gasteiger partial charge in [0.25, 0.3) is 0 Å². The first-order chi connectivity index (χ1) is 13.1. The Labute approximate surface area is 162 Å². The van der Waals surface area contributed by atoms with Crippen LogP contribution < -0.4 is 0 Å². The molecule has 0 radical (unpaired) electrons. The summed E-state index contributed by atoms with van der Waals surface area (Å²) in [6.45, 7) is 7.66. The van der Waals surface area contributed by atoms with Crippen molar-refractivity contribution in [2.45, 2.75) is 76.8 Å². The highest BCUT2D eigenvalue weighted by Gasteiger charge is 2.63. The molecule has 9 rings (SSSR count). The summed E-state index contributed by atoms with van der Waals surface area (Å²) in [6, 6.07) is 0. The minimum absolute atomic E-state index is 0.0541. The molecule has 4 nitrogen and oxygen atoms in total. The van der Waals surface area contributed by atoms with Crippen LogP contribution in [-0.4, -0.2) is 44.4 Å². The Balaban J connectivity index is 1.46. The number of hydrogen-bond acceptors (Lipinski definition) is 4. The summed E-state index contributed by atoms with van der Waals surface area (Å²) >= 11 is 0. The number of fused-ring (bicyclic) bond motifs is 1. The molecule has 0 aromatic carbocycles. The Morgan fingerprint density at radius 1 is 0.889 bits per heavy atom. The molecule has 4 aliphatic carbocycles. The molecular weight excluding hydrogens is 340 g/mol. The number of hydrogen-bond donors (Lipinski definition) is 0. The average Bonchev–Trinajstić information content (AvgIpc) is 3.00. The zero-order chi connectivity index (χ0) is 18.3. The normalized spacial score (nSPS) is 56.8. The van der Waals surface area contributed by atoms with Crippen LogP contribution in [0.2, 0.25) is 0 Å². The number of allylic oxidation sites excluding steroid dienone is 1. The molecule has 0 aromatic heterocycles. The summed E-state index contributed by atoms with van der Waals surface area (Å²) in [7, 11) is 0. The fourth-order valence-electron chi connectivity index (χ4n) is 8.18. The molecule has 4 saturated heterocycles. The lowest BCUT2D eigenvalue weighted by molar-refractivity contribution is -0.341. The fourth-order valence-corrected chi connectivity index (χ4v) is 8.18. The molecule has 0 N–H and O–H groups in total. The van der Waals surface area contributed by atoms with Gasteiger partial charge in [0.05, 0.1) is 32.5 Å². The molecule has 3 saturated carbocycles. The molecule has 5 aliphatic heterocycles. The second-order valence-corrected chi connectivity index (χ2v) is 10.5. The van der Waals surface area contributed by atoms with E-state index in [1.54, 1.807) is 5.57 Å². The minimum atomic E-state index is -0.589. The molecule has 5 heterocycles.